The summed E-state index contributed by atoms with van der Waals surface area (Å²) in [5.41, 5.74) is 1.05. The van der Waals surface area contributed by atoms with Crippen molar-refractivity contribution in [2.45, 2.75) is 12.5 Å². The Hall–Kier alpha value is -2.29. The normalized spacial score (nSPS) is 12.3. The molecule has 0 aliphatic heterocycles. The lowest BCUT2D eigenvalue weighted by Gasteiger charge is -2.18. The van der Waals surface area contributed by atoms with Crippen LogP contribution in [-0.4, -0.2) is 34.8 Å². The fourth-order valence-electron chi connectivity index (χ4n) is 2.48. The number of ether oxygens (including phenoxy) is 2. The second-order valence-corrected chi connectivity index (χ2v) is 8.03. The standard InChI is InChI=1S/C18H21ClN2O5S/c1-25-14-8-9-17(26-2)16(10-14)20-18(22)11-15(21-27(3,23)24)12-4-6-13(19)7-5-12/h4-10,15,21H,11H2,1-3H3,(H,20,22)/t15-/m1/s1. The number of sulfonamides is 1. The predicted molar refractivity (Wildman–Crippen MR) is 105 cm³/mol. The van der Waals surface area contributed by atoms with Crippen LogP contribution in [0.5, 0.6) is 11.5 Å². The van der Waals surface area contributed by atoms with E-state index in [1.807, 2.05) is 0 Å². The topological polar surface area (TPSA) is 93.7 Å². The van der Waals surface area contributed by atoms with E-state index in [0.29, 0.717) is 27.8 Å². The predicted octanol–water partition coefficient (Wildman–Crippen LogP) is 2.98. The van der Waals surface area contributed by atoms with E-state index in [9.17, 15) is 13.2 Å². The molecule has 0 unspecified atom stereocenters. The third-order valence-electron chi connectivity index (χ3n) is 3.70. The fourth-order valence-corrected chi connectivity index (χ4v) is 3.34. The molecule has 0 aromatic heterocycles. The monoisotopic (exact) mass is 412 g/mol. The molecule has 9 heteroatoms. The molecule has 0 radical (unpaired) electrons. The number of hydrogen-bond acceptors (Lipinski definition) is 5. The van der Waals surface area contributed by atoms with Crippen LogP contribution < -0.4 is 19.5 Å². The molecule has 146 valence electrons. The van der Waals surface area contributed by atoms with Gasteiger partial charge in [0.2, 0.25) is 15.9 Å². The minimum Gasteiger partial charge on any atom is -0.497 e. The van der Waals surface area contributed by atoms with Crippen molar-refractivity contribution in [1.29, 1.82) is 0 Å². The van der Waals surface area contributed by atoms with Crippen LogP contribution in [0.1, 0.15) is 18.0 Å². The Morgan fingerprint density at radius 3 is 2.33 bits per heavy atom. The third kappa shape index (κ3) is 6.42. The molecule has 0 aliphatic rings. The van der Waals surface area contributed by atoms with Crippen molar-refractivity contribution in [1.82, 2.24) is 4.72 Å². The highest BCUT2D eigenvalue weighted by atomic mass is 35.5. The molecule has 2 rings (SSSR count). The first kappa shape index (κ1) is 21.0. The van der Waals surface area contributed by atoms with Crippen LogP contribution >= 0.6 is 11.6 Å². The molecule has 7 nitrogen and oxygen atoms in total. The number of benzene rings is 2. The molecule has 0 heterocycles. The largest absolute Gasteiger partial charge is 0.497 e. The lowest BCUT2D eigenvalue weighted by molar-refractivity contribution is -0.116. The van der Waals surface area contributed by atoms with Gasteiger partial charge in [0.1, 0.15) is 11.5 Å². The van der Waals surface area contributed by atoms with Gasteiger partial charge < -0.3 is 14.8 Å². The minimum atomic E-state index is -3.53. The molecule has 1 atom stereocenters. The van der Waals surface area contributed by atoms with Crippen molar-refractivity contribution in [3.63, 3.8) is 0 Å². The van der Waals surface area contributed by atoms with Gasteiger partial charge >= 0.3 is 0 Å². The average Bonchev–Trinajstić information content (AvgIpc) is 2.60. The van der Waals surface area contributed by atoms with Gasteiger partial charge in [0, 0.05) is 17.5 Å². The van der Waals surface area contributed by atoms with Gasteiger partial charge in [-0.3, -0.25) is 4.79 Å². The van der Waals surface area contributed by atoms with Gasteiger partial charge in [-0.25, -0.2) is 13.1 Å². The van der Waals surface area contributed by atoms with Crippen molar-refractivity contribution < 1.29 is 22.7 Å². The van der Waals surface area contributed by atoms with E-state index in [1.165, 1.54) is 14.2 Å². The number of halogens is 1. The van der Waals surface area contributed by atoms with E-state index in [2.05, 4.69) is 10.0 Å². The Kier molecular flexibility index (Phi) is 7.06. The molecule has 0 aliphatic carbocycles. The molecular formula is C18H21ClN2O5S. The first-order valence-electron chi connectivity index (χ1n) is 7.96. The zero-order valence-electron chi connectivity index (χ0n) is 15.2. The van der Waals surface area contributed by atoms with Crippen molar-refractivity contribution in [2.24, 2.45) is 0 Å². The Labute approximate surface area is 163 Å². The second-order valence-electron chi connectivity index (χ2n) is 5.81. The van der Waals surface area contributed by atoms with Gasteiger partial charge in [0.05, 0.1) is 32.2 Å². The highest BCUT2D eigenvalue weighted by Crippen LogP contribution is 2.29. The summed E-state index contributed by atoms with van der Waals surface area (Å²) in [6.45, 7) is 0. The van der Waals surface area contributed by atoms with Crippen LogP contribution in [0.2, 0.25) is 5.02 Å². The Balaban J connectivity index is 2.22. The number of carbonyl (C=O) groups excluding carboxylic acids is 1. The molecule has 0 spiro atoms. The summed E-state index contributed by atoms with van der Waals surface area (Å²) < 4.78 is 36.3. The molecule has 1 amide bonds. The molecule has 0 fully saturated rings. The van der Waals surface area contributed by atoms with Gasteiger partial charge in [-0.15, -0.1) is 0 Å². The summed E-state index contributed by atoms with van der Waals surface area (Å²) in [6, 6.07) is 10.9. The van der Waals surface area contributed by atoms with E-state index in [4.69, 9.17) is 21.1 Å². The number of methoxy groups -OCH3 is 2. The number of amides is 1. The van der Waals surface area contributed by atoms with Crippen LogP contribution in [0.25, 0.3) is 0 Å². The van der Waals surface area contributed by atoms with Crippen molar-refractivity contribution >= 4 is 33.2 Å². The lowest BCUT2D eigenvalue weighted by Crippen LogP contribution is -2.30. The van der Waals surface area contributed by atoms with Crippen LogP contribution in [0.15, 0.2) is 42.5 Å². The summed E-state index contributed by atoms with van der Waals surface area (Å²) in [7, 11) is -0.532. The zero-order valence-corrected chi connectivity index (χ0v) is 16.7. The number of nitrogens with one attached hydrogen (secondary N) is 2. The Bertz CT molecular complexity index is 900. The highest BCUT2D eigenvalue weighted by molar-refractivity contribution is 7.88. The Morgan fingerprint density at radius 1 is 1.11 bits per heavy atom. The first-order valence-corrected chi connectivity index (χ1v) is 10.2. The van der Waals surface area contributed by atoms with E-state index in [0.717, 1.165) is 6.26 Å². The molecule has 27 heavy (non-hydrogen) atoms. The molecule has 2 aromatic carbocycles. The molecule has 0 bridgehead atoms. The van der Waals surface area contributed by atoms with Crippen LogP contribution in [0.3, 0.4) is 0 Å². The molecule has 0 saturated heterocycles. The van der Waals surface area contributed by atoms with Crippen LogP contribution in [-0.2, 0) is 14.8 Å². The van der Waals surface area contributed by atoms with Gasteiger partial charge in [0.25, 0.3) is 0 Å². The van der Waals surface area contributed by atoms with Crippen LogP contribution in [0, 0.1) is 0 Å². The van der Waals surface area contributed by atoms with E-state index >= 15 is 0 Å². The van der Waals surface area contributed by atoms with Gasteiger partial charge in [-0.2, -0.15) is 0 Å². The van der Waals surface area contributed by atoms with Crippen molar-refractivity contribution in [3.8, 4) is 11.5 Å². The van der Waals surface area contributed by atoms with Gasteiger partial charge in [0.15, 0.2) is 0 Å². The van der Waals surface area contributed by atoms with E-state index < -0.39 is 22.0 Å². The number of rotatable bonds is 8. The number of anilines is 1. The minimum absolute atomic E-state index is 0.116. The molecule has 2 aromatic rings. The van der Waals surface area contributed by atoms with Crippen molar-refractivity contribution in [3.05, 3.63) is 53.1 Å². The summed E-state index contributed by atoms with van der Waals surface area (Å²) in [4.78, 5) is 12.5. The summed E-state index contributed by atoms with van der Waals surface area (Å²) in [5, 5.41) is 3.24. The van der Waals surface area contributed by atoms with Crippen LogP contribution in [0.4, 0.5) is 5.69 Å². The average molecular weight is 413 g/mol. The fraction of sp³-hybridized carbons (Fsp3) is 0.278. The third-order valence-corrected chi connectivity index (χ3v) is 4.66. The van der Waals surface area contributed by atoms with Gasteiger partial charge in [-0.05, 0) is 29.8 Å². The summed E-state index contributed by atoms with van der Waals surface area (Å²) >= 11 is 5.88. The maximum atomic E-state index is 12.5. The zero-order chi connectivity index (χ0) is 20.0. The first-order chi connectivity index (χ1) is 12.7. The number of carbonyl (C=O) groups is 1. The number of hydrogen-bond donors (Lipinski definition) is 2. The quantitative estimate of drug-likeness (QED) is 0.695. The lowest BCUT2D eigenvalue weighted by atomic mass is 10.0. The smallest absolute Gasteiger partial charge is 0.226 e. The summed E-state index contributed by atoms with van der Waals surface area (Å²) in [5.74, 6) is 0.621. The van der Waals surface area contributed by atoms with E-state index in [-0.39, 0.29) is 6.42 Å². The molecular weight excluding hydrogens is 392 g/mol. The second kappa shape index (κ2) is 9.07. The molecule has 2 N–H and O–H groups in total. The maximum absolute atomic E-state index is 12.5. The maximum Gasteiger partial charge on any atom is 0.226 e. The summed E-state index contributed by atoms with van der Waals surface area (Å²) in [6.07, 6.45) is 0.925. The SMILES string of the molecule is COc1ccc(OC)c(NC(=O)C[C@@H](NS(C)(=O)=O)c2ccc(Cl)cc2)c1. The molecule has 0 saturated carbocycles. The highest BCUT2D eigenvalue weighted by Gasteiger charge is 2.21. The van der Waals surface area contributed by atoms with Crippen molar-refractivity contribution in [2.75, 3.05) is 25.8 Å². The van der Waals surface area contributed by atoms with E-state index in [1.54, 1.807) is 42.5 Å². The Morgan fingerprint density at radius 2 is 1.78 bits per heavy atom. The van der Waals surface area contributed by atoms with Gasteiger partial charge in [-0.1, -0.05) is 23.7 Å².